The number of rotatable bonds is 12. The normalized spacial score (nSPS) is 14.2. The number of methoxy groups -OCH3 is 2. The van der Waals surface area contributed by atoms with Crippen molar-refractivity contribution < 1.29 is 38.1 Å². The second-order valence-electron chi connectivity index (χ2n) is 16.2. The summed E-state index contributed by atoms with van der Waals surface area (Å²) in [6.45, 7) is 8.11. The number of thiophene rings is 2. The third kappa shape index (κ3) is 11.7. The van der Waals surface area contributed by atoms with Gasteiger partial charge in [-0.1, -0.05) is 0 Å². The van der Waals surface area contributed by atoms with Crippen LogP contribution in [0.4, 0.5) is 32.1 Å². The third-order valence-electron chi connectivity index (χ3n) is 11.5. The number of nitrogens with one attached hydrogen (secondary N) is 4. The molecule has 8 aromatic rings. The van der Waals surface area contributed by atoms with E-state index in [1.54, 1.807) is 61.4 Å². The molecule has 22 heteroatoms. The van der Waals surface area contributed by atoms with Crippen LogP contribution in [-0.4, -0.2) is 102 Å². The van der Waals surface area contributed by atoms with Gasteiger partial charge in [0.2, 0.25) is 11.9 Å². The van der Waals surface area contributed by atoms with Gasteiger partial charge >= 0.3 is 11.9 Å². The van der Waals surface area contributed by atoms with Gasteiger partial charge in [-0.3, -0.25) is 9.36 Å². The van der Waals surface area contributed by atoms with Crippen LogP contribution in [0.1, 0.15) is 47.5 Å². The van der Waals surface area contributed by atoms with Crippen LogP contribution in [0.2, 0.25) is 0 Å². The molecular formula is C48H50F2N12O6S2. The number of hydrogen-bond donors (Lipinski definition) is 6. The summed E-state index contributed by atoms with van der Waals surface area (Å²) in [6, 6.07) is 9.98. The van der Waals surface area contributed by atoms with Crippen molar-refractivity contribution in [3.8, 4) is 33.8 Å². The van der Waals surface area contributed by atoms with Crippen LogP contribution in [0.5, 0.6) is 11.5 Å². The molecule has 8 heterocycles. The third-order valence-corrected chi connectivity index (χ3v) is 13.6. The lowest BCUT2D eigenvalue weighted by molar-refractivity contribution is -0.134. The molecule has 2 aliphatic heterocycles. The minimum atomic E-state index is -1.26. The first-order valence-electron chi connectivity index (χ1n) is 22.2. The molecule has 18 nitrogen and oxygen atoms in total. The zero-order valence-corrected chi connectivity index (χ0v) is 40.2. The second kappa shape index (κ2) is 22.4. The summed E-state index contributed by atoms with van der Waals surface area (Å²) in [5.74, 6) is -1.21. The monoisotopic (exact) mass is 992 g/mol. The number of piperidine rings is 2. The summed E-state index contributed by atoms with van der Waals surface area (Å²) >= 11 is 3.22. The highest BCUT2D eigenvalue weighted by Crippen LogP contribution is 2.43. The van der Waals surface area contributed by atoms with Gasteiger partial charge in [-0.25, -0.2) is 38.3 Å². The average Bonchev–Trinajstić information content (AvgIpc) is 4.17. The number of nitrogens with zero attached hydrogens (tertiary/aromatic N) is 8. The highest BCUT2D eigenvalue weighted by Gasteiger charge is 2.22. The van der Waals surface area contributed by atoms with Crippen molar-refractivity contribution in [1.29, 1.82) is 0 Å². The van der Waals surface area contributed by atoms with E-state index in [1.165, 1.54) is 24.3 Å². The largest absolute Gasteiger partial charge is 0.496 e. The first kappa shape index (κ1) is 49.0. The number of anilines is 4. The number of aryl methyl sites for hydroxylation is 2. The molecule has 2 aliphatic rings. The molecule has 0 radical (unpaired) electrons. The molecule has 0 amide bonds. The second-order valence-corrected chi connectivity index (χ2v) is 18.7. The summed E-state index contributed by atoms with van der Waals surface area (Å²) in [7, 11) is 3.09. The molecule has 2 aromatic carbocycles. The Bertz CT molecular complexity index is 2950. The first-order chi connectivity index (χ1) is 33.9. The number of benzene rings is 2. The minimum Gasteiger partial charge on any atom is -0.496 e. The maximum absolute atomic E-state index is 13.7. The molecule has 0 spiro atoms. The van der Waals surface area contributed by atoms with E-state index in [4.69, 9.17) is 29.7 Å². The van der Waals surface area contributed by atoms with Crippen molar-refractivity contribution in [2.45, 2.75) is 51.6 Å². The first-order valence-corrected chi connectivity index (χ1v) is 23.9. The van der Waals surface area contributed by atoms with Gasteiger partial charge in [0.05, 0.1) is 82.9 Å². The number of aliphatic carboxylic acids is 2. The number of aromatic nitrogens is 8. The van der Waals surface area contributed by atoms with E-state index in [2.05, 4.69) is 41.4 Å². The molecule has 0 aliphatic carbocycles. The van der Waals surface area contributed by atoms with Gasteiger partial charge in [0, 0.05) is 68.7 Å². The average molecular weight is 993 g/mol. The van der Waals surface area contributed by atoms with Crippen molar-refractivity contribution in [2.75, 3.05) is 51.0 Å². The predicted molar refractivity (Wildman–Crippen MR) is 266 cm³/mol. The minimum absolute atomic E-state index is 0.333. The van der Waals surface area contributed by atoms with Crippen molar-refractivity contribution in [3.05, 3.63) is 107 Å². The Balaban J connectivity index is 0.000000163. The molecule has 70 heavy (non-hydrogen) atoms. The van der Waals surface area contributed by atoms with Crippen LogP contribution in [0, 0.1) is 25.5 Å². The van der Waals surface area contributed by atoms with Crippen molar-refractivity contribution in [1.82, 2.24) is 50.1 Å². The Morgan fingerprint density at radius 2 is 1.07 bits per heavy atom. The van der Waals surface area contributed by atoms with E-state index in [-0.39, 0.29) is 11.6 Å². The topological polar surface area (TPSA) is 228 Å². The molecule has 2 fully saturated rings. The molecule has 2 saturated heterocycles. The molecule has 0 saturated carbocycles. The van der Waals surface area contributed by atoms with Gasteiger partial charge in [0.1, 0.15) is 23.1 Å². The Morgan fingerprint density at radius 1 is 0.671 bits per heavy atom. The highest BCUT2D eigenvalue weighted by molar-refractivity contribution is 7.20. The Morgan fingerprint density at radius 3 is 1.44 bits per heavy atom. The summed E-state index contributed by atoms with van der Waals surface area (Å²) in [6.07, 6.45) is 16.7. The SMILES string of the molecule is COc1cc(F)ccc1-c1c(C)sc2cnc(Nc3cnn(C4CCNCC4)c3)nc12.COc1cc(F)ccc1-c1c(C)sc2cnc(Nc3cnn(C4CCNCC4)c3)nc12.O=C(O)/C=C/C(=O)O. The van der Waals surface area contributed by atoms with Gasteiger partial charge in [-0.2, -0.15) is 10.2 Å². The molecule has 0 atom stereocenters. The molecule has 0 bridgehead atoms. The Labute approximate surface area is 408 Å². The fourth-order valence-electron chi connectivity index (χ4n) is 8.26. The van der Waals surface area contributed by atoms with Crippen molar-refractivity contribution >= 4 is 78.3 Å². The smallest absolute Gasteiger partial charge is 0.328 e. The standard InChI is InChI=1S/2C22H23FN6OS.C4H4O4/c2*1-13-20(17-4-3-14(23)9-18(17)30-2)21-19(31-13)11-25-22(28-21)27-15-10-26-29(12-15)16-5-7-24-8-6-16;5-3(6)1-2-4(7)8/h2*3-4,9-12,16,24H,5-8H2,1-2H3,(H,25,27,28);1-2H,(H,5,6)(H,7,8)/b;;2-1+. The van der Waals surface area contributed by atoms with Gasteiger partial charge in [-0.05, 0) is 90.0 Å². The number of carbonyl (C=O) groups is 2. The zero-order valence-electron chi connectivity index (χ0n) is 38.6. The van der Waals surface area contributed by atoms with Gasteiger partial charge in [-0.15, -0.1) is 22.7 Å². The quantitative estimate of drug-likeness (QED) is 0.0627. The Hall–Kier alpha value is -7.40. The Kier molecular flexibility index (Phi) is 15.7. The van der Waals surface area contributed by atoms with Gasteiger partial charge in [0.25, 0.3) is 0 Å². The van der Waals surface area contributed by atoms with Crippen LogP contribution in [-0.2, 0) is 9.59 Å². The number of fused-ring (bicyclic) bond motifs is 2. The summed E-state index contributed by atoms with van der Waals surface area (Å²) < 4.78 is 44.3. The zero-order chi connectivity index (χ0) is 49.3. The lowest BCUT2D eigenvalue weighted by Crippen LogP contribution is -2.29. The lowest BCUT2D eigenvalue weighted by atomic mass is 10.0. The molecule has 6 aromatic heterocycles. The van der Waals surface area contributed by atoms with Crippen LogP contribution in [0.25, 0.3) is 42.7 Å². The fraction of sp³-hybridized carbons (Fsp3) is 0.292. The number of halogens is 2. The maximum Gasteiger partial charge on any atom is 0.328 e. The summed E-state index contributed by atoms with van der Waals surface area (Å²) in [5.41, 5.74) is 6.84. The van der Waals surface area contributed by atoms with Crippen LogP contribution >= 0.6 is 22.7 Å². The van der Waals surface area contributed by atoms with Crippen LogP contribution < -0.4 is 30.7 Å². The van der Waals surface area contributed by atoms with E-state index in [9.17, 15) is 18.4 Å². The molecular weight excluding hydrogens is 943 g/mol. The van der Waals surface area contributed by atoms with Gasteiger partial charge in [0.15, 0.2) is 0 Å². The van der Waals surface area contributed by atoms with Gasteiger partial charge < -0.3 is 41.0 Å². The van der Waals surface area contributed by atoms with E-state index in [0.717, 1.165) is 116 Å². The summed E-state index contributed by atoms with van der Waals surface area (Å²) in [4.78, 5) is 39.8. The van der Waals surface area contributed by atoms with E-state index in [1.807, 2.05) is 48.0 Å². The number of ether oxygens (including phenoxy) is 2. The molecule has 6 N–H and O–H groups in total. The molecule has 364 valence electrons. The number of carboxylic acid groups (broad SMARTS) is 2. The van der Waals surface area contributed by atoms with E-state index in [0.29, 0.717) is 47.6 Å². The van der Waals surface area contributed by atoms with E-state index < -0.39 is 11.9 Å². The predicted octanol–water partition coefficient (Wildman–Crippen LogP) is 9.07. The van der Waals surface area contributed by atoms with Crippen molar-refractivity contribution in [2.24, 2.45) is 0 Å². The van der Waals surface area contributed by atoms with Crippen LogP contribution in [0.3, 0.4) is 0 Å². The lowest BCUT2D eigenvalue weighted by Gasteiger charge is -2.22. The highest BCUT2D eigenvalue weighted by atomic mass is 32.1. The van der Waals surface area contributed by atoms with Crippen LogP contribution in [0.15, 0.2) is 85.7 Å². The number of hydrogen-bond acceptors (Lipinski definition) is 16. The number of carboxylic acids is 2. The van der Waals surface area contributed by atoms with Crippen molar-refractivity contribution in [3.63, 3.8) is 0 Å². The molecule has 0 unspecified atom stereocenters. The van der Waals surface area contributed by atoms with E-state index >= 15 is 0 Å². The molecule has 10 rings (SSSR count). The maximum atomic E-state index is 13.7. The summed E-state index contributed by atoms with van der Waals surface area (Å²) in [5, 5.41) is 38.0. The fourth-order valence-corrected chi connectivity index (χ4v) is 10.2.